The maximum Gasteiger partial charge on any atom is 0.0771 e. The molecule has 5 aliphatic carbocycles. The van der Waals surface area contributed by atoms with Crippen LogP contribution in [0.25, 0.3) is 0 Å². The van der Waals surface area contributed by atoms with Gasteiger partial charge in [0, 0.05) is 25.2 Å². The molecule has 0 radical (unpaired) electrons. The minimum atomic E-state index is 0.171. The van der Waals surface area contributed by atoms with Gasteiger partial charge in [0.25, 0.3) is 0 Å². The molecule has 4 bridgehead atoms. The molecule has 0 aromatic heterocycles. The molecule has 5 saturated carbocycles. The van der Waals surface area contributed by atoms with Crippen molar-refractivity contribution >= 4 is 0 Å². The highest BCUT2D eigenvalue weighted by Gasteiger charge is 2.96. The molecule has 1 aromatic rings. The fraction of sp³-hybridized carbons (Fsp3) is 0.838. The van der Waals surface area contributed by atoms with Crippen molar-refractivity contribution in [1.29, 1.82) is 0 Å². The summed E-state index contributed by atoms with van der Waals surface area (Å²) in [6, 6.07) is 9.61. The van der Waals surface area contributed by atoms with Crippen LogP contribution >= 0.6 is 0 Å². The van der Waals surface area contributed by atoms with E-state index in [4.69, 9.17) is 14.2 Å². The van der Waals surface area contributed by atoms with Gasteiger partial charge in [-0.25, -0.2) is 0 Å². The molecule has 3 aliphatic heterocycles. The van der Waals surface area contributed by atoms with Gasteiger partial charge < -0.3 is 24.0 Å². The van der Waals surface area contributed by atoms with E-state index in [1.807, 2.05) is 0 Å². The number of benzene rings is 1. The van der Waals surface area contributed by atoms with E-state index in [9.17, 15) is 0 Å². The van der Waals surface area contributed by atoms with Crippen LogP contribution in [0.4, 0.5) is 0 Å². The van der Waals surface area contributed by atoms with Gasteiger partial charge in [-0.15, -0.1) is 0 Å². The number of nitrogens with zero attached hydrogens (tertiary/aromatic N) is 2. The van der Waals surface area contributed by atoms with E-state index in [1.165, 1.54) is 43.2 Å². The molecule has 42 heavy (non-hydrogen) atoms. The largest absolute Gasteiger partial charge is 0.375 e. The Bertz CT molecular complexity index is 1080. The highest BCUT2D eigenvalue weighted by molar-refractivity contribution is 5.43. The van der Waals surface area contributed by atoms with Gasteiger partial charge in [0.05, 0.1) is 37.6 Å². The molecule has 1 aromatic carbocycles. The van der Waals surface area contributed by atoms with Crippen molar-refractivity contribution in [2.75, 3.05) is 40.4 Å². The molecule has 2 saturated heterocycles. The average molecular weight is 577 g/mol. The molecule has 5 heteroatoms. The van der Waals surface area contributed by atoms with Gasteiger partial charge in [0.1, 0.15) is 0 Å². The summed E-state index contributed by atoms with van der Waals surface area (Å²) in [5.74, 6) is 8.69. The monoisotopic (exact) mass is 576 g/mol. The van der Waals surface area contributed by atoms with Crippen molar-refractivity contribution in [3.8, 4) is 0 Å². The predicted molar refractivity (Wildman–Crippen MR) is 166 cm³/mol. The van der Waals surface area contributed by atoms with Gasteiger partial charge in [-0.3, -0.25) is 0 Å². The lowest BCUT2D eigenvalue weighted by Gasteiger charge is -2.48. The third-order valence-electron chi connectivity index (χ3n) is 13.8. The van der Waals surface area contributed by atoms with Crippen LogP contribution < -0.4 is 0 Å². The van der Waals surface area contributed by atoms with Crippen LogP contribution in [0.15, 0.2) is 24.3 Å². The fourth-order valence-corrected chi connectivity index (χ4v) is 12.6. The quantitative estimate of drug-likeness (QED) is 0.433. The van der Waals surface area contributed by atoms with Crippen molar-refractivity contribution in [2.24, 2.45) is 59.2 Å². The lowest BCUT2D eigenvalue weighted by molar-refractivity contribution is -0.0876. The maximum absolute atomic E-state index is 7.66. The van der Waals surface area contributed by atoms with Crippen LogP contribution in [0.3, 0.4) is 0 Å². The first-order valence-electron chi connectivity index (χ1n) is 17.6. The second-order valence-electron chi connectivity index (χ2n) is 16.7. The Morgan fingerprint density at radius 1 is 0.714 bits per heavy atom. The Balaban J connectivity index is 1.08. The zero-order valence-corrected chi connectivity index (χ0v) is 27.1. The van der Waals surface area contributed by atoms with Crippen molar-refractivity contribution in [2.45, 2.75) is 96.3 Å². The summed E-state index contributed by atoms with van der Waals surface area (Å²) in [5, 5.41) is 0. The summed E-state index contributed by atoms with van der Waals surface area (Å²) < 4.78 is 20.7. The van der Waals surface area contributed by atoms with Gasteiger partial charge in [0.2, 0.25) is 0 Å². The van der Waals surface area contributed by atoms with Crippen molar-refractivity contribution in [3.05, 3.63) is 35.4 Å². The highest BCUT2D eigenvalue weighted by Crippen LogP contribution is 2.93. The molecule has 5 nitrogen and oxygen atoms in total. The van der Waals surface area contributed by atoms with Gasteiger partial charge >= 0.3 is 0 Å². The lowest BCUT2D eigenvalue weighted by atomic mass is 9.54. The molecule has 7 fully saturated rings. The van der Waals surface area contributed by atoms with E-state index in [2.05, 4.69) is 75.9 Å². The highest BCUT2D eigenvalue weighted by atomic mass is 16.5. The van der Waals surface area contributed by atoms with Crippen LogP contribution in [0, 0.1) is 59.2 Å². The summed E-state index contributed by atoms with van der Waals surface area (Å²) >= 11 is 0. The van der Waals surface area contributed by atoms with Gasteiger partial charge in [-0.05, 0) is 117 Å². The lowest BCUT2D eigenvalue weighted by Crippen LogP contribution is -2.53. The standard InChI is InChI=1S/C37H56N2O3/c1-22(2)15-26-20-40-18-24-9-7-8-10-25(24)19-41-21-27(16-23(3)4)39(6)14-12-37-33-29-17-28-30-31(29)35(37)34(30)36(42-37,32(28)33)11-13-38(26)5/h7-10,22-23,26-35H,11-21H2,1-6H3/t26-,27?,28?,29?,30?,31?,32?,33?,34?,35?,36?,37?/m0/s1. The van der Waals surface area contributed by atoms with Crippen LogP contribution in [0.2, 0.25) is 0 Å². The summed E-state index contributed by atoms with van der Waals surface area (Å²) in [6.45, 7) is 14.6. The molecule has 232 valence electrons. The van der Waals surface area contributed by atoms with E-state index in [1.54, 1.807) is 0 Å². The molecule has 8 aliphatic rings. The summed E-state index contributed by atoms with van der Waals surface area (Å²) in [4.78, 5) is 5.29. The number of ether oxygens (including phenoxy) is 3. The summed E-state index contributed by atoms with van der Waals surface area (Å²) in [5.41, 5.74) is 2.88. The molecule has 2 spiro atoms. The topological polar surface area (TPSA) is 34.2 Å². The minimum absolute atomic E-state index is 0.171. The first-order valence-corrected chi connectivity index (χ1v) is 17.6. The van der Waals surface area contributed by atoms with Crippen LogP contribution in [-0.2, 0) is 27.4 Å². The maximum atomic E-state index is 7.66. The molecule has 3 heterocycles. The minimum Gasteiger partial charge on any atom is -0.375 e. The Morgan fingerprint density at radius 2 is 1.17 bits per heavy atom. The van der Waals surface area contributed by atoms with E-state index in [0.717, 1.165) is 73.6 Å². The Labute approximate surface area is 255 Å². The van der Waals surface area contributed by atoms with Crippen LogP contribution in [0.5, 0.6) is 0 Å². The number of hydrogen-bond acceptors (Lipinski definition) is 5. The molecular weight excluding hydrogens is 520 g/mol. The third-order valence-corrected chi connectivity index (χ3v) is 13.8. The van der Waals surface area contributed by atoms with Gasteiger partial charge in [-0.1, -0.05) is 52.0 Å². The summed E-state index contributed by atoms with van der Waals surface area (Å²) in [7, 11) is 4.72. The Kier molecular flexibility index (Phi) is 6.97. The third kappa shape index (κ3) is 3.92. The smallest absolute Gasteiger partial charge is 0.0771 e. The number of likely N-dealkylation sites (N-methyl/N-ethyl adjacent to an activating group) is 2. The van der Waals surface area contributed by atoms with E-state index in [0.29, 0.717) is 37.1 Å². The zero-order chi connectivity index (χ0) is 29.0. The number of rotatable bonds is 4. The molecule has 0 N–H and O–H groups in total. The number of hydrogen-bond donors (Lipinski definition) is 0. The van der Waals surface area contributed by atoms with Crippen LogP contribution in [-0.4, -0.2) is 73.5 Å². The zero-order valence-electron chi connectivity index (χ0n) is 27.1. The second kappa shape index (κ2) is 10.3. The Hall–Kier alpha value is -0.980. The number of fused-ring (bicyclic) bond motifs is 1. The van der Waals surface area contributed by atoms with Crippen molar-refractivity contribution in [3.63, 3.8) is 0 Å². The first-order chi connectivity index (χ1) is 20.2. The average Bonchev–Trinajstić information content (AvgIpc) is 3.62. The SMILES string of the molecule is CC(C)CC1COCc2ccccc2COC[C@H](CC(C)C)N(C)CCC23OC4(CCN1C)C1C5CC(C6C5C4C62)C13. The predicted octanol–water partition coefficient (Wildman–Crippen LogP) is 6.10. The molecular formula is C37H56N2O3. The first kappa shape index (κ1) is 28.5. The van der Waals surface area contributed by atoms with E-state index < -0.39 is 0 Å². The second-order valence-corrected chi connectivity index (χ2v) is 16.7. The van der Waals surface area contributed by atoms with Crippen molar-refractivity contribution < 1.29 is 14.2 Å². The van der Waals surface area contributed by atoms with Crippen LogP contribution in [0.1, 0.15) is 70.9 Å². The van der Waals surface area contributed by atoms with Crippen molar-refractivity contribution in [1.82, 2.24) is 9.80 Å². The normalized spacial score (nSPS) is 48.2. The van der Waals surface area contributed by atoms with Gasteiger partial charge in [0.15, 0.2) is 0 Å². The van der Waals surface area contributed by atoms with E-state index >= 15 is 0 Å². The Morgan fingerprint density at radius 3 is 1.60 bits per heavy atom. The van der Waals surface area contributed by atoms with Gasteiger partial charge in [-0.2, -0.15) is 0 Å². The summed E-state index contributed by atoms with van der Waals surface area (Å²) in [6.07, 6.45) is 6.35. The fourth-order valence-electron chi connectivity index (χ4n) is 12.6. The molecule has 12 atom stereocenters. The molecule has 0 amide bonds. The molecule has 11 unspecified atom stereocenters. The van der Waals surface area contributed by atoms with E-state index in [-0.39, 0.29) is 11.2 Å². The molecule has 9 rings (SSSR count).